The third-order valence-electron chi connectivity index (χ3n) is 3.84. The number of carbonyl (C=O) groups is 3. The number of rotatable bonds is 9. The summed E-state index contributed by atoms with van der Waals surface area (Å²) in [7, 11) is 1.68. The zero-order valence-electron chi connectivity index (χ0n) is 13.6. The van der Waals surface area contributed by atoms with Crippen molar-refractivity contribution in [3.8, 4) is 0 Å². The van der Waals surface area contributed by atoms with Crippen molar-refractivity contribution in [3.63, 3.8) is 0 Å². The molecule has 22 heavy (non-hydrogen) atoms. The van der Waals surface area contributed by atoms with Gasteiger partial charge in [-0.25, -0.2) is 0 Å². The first-order valence-electron chi connectivity index (χ1n) is 7.70. The molecule has 126 valence electrons. The smallest absolute Gasteiger partial charge is 0.308 e. The highest BCUT2D eigenvalue weighted by molar-refractivity contribution is 5.89. The summed E-state index contributed by atoms with van der Waals surface area (Å²) in [5.74, 6) is -2.11. The summed E-state index contributed by atoms with van der Waals surface area (Å²) in [6.45, 7) is 5.64. The minimum absolute atomic E-state index is 0.0427. The molecular weight excluding hydrogens is 288 g/mol. The number of nitrogens with zero attached hydrogens (tertiary/aromatic N) is 2. The number of carboxylic acids is 1. The van der Waals surface area contributed by atoms with Crippen molar-refractivity contribution < 1.29 is 24.2 Å². The number of amides is 2. The van der Waals surface area contributed by atoms with Crippen molar-refractivity contribution in [3.05, 3.63) is 0 Å². The molecule has 1 saturated heterocycles. The van der Waals surface area contributed by atoms with E-state index in [0.29, 0.717) is 32.7 Å². The van der Waals surface area contributed by atoms with Crippen LogP contribution in [0.5, 0.6) is 0 Å². The summed E-state index contributed by atoms with van der Waals surface area (Å²) in [4.78, 5) is 38.3. The summed E-state index contributed by atoms with van der Waals surface area (Å²) < 4.78 is 5.26. The lowest BCUT2D eigenvalue weighted by Gasteiger charge is -2.27. The molecule has 1 aliphatic heterocycles. The van der Waals surface area contributed by atoms with E-state index in [9.17, 15) is 14.4 Å². The molecule has 0 aromatic rings. The molecule has 2 amide bonds. The average Bonchev–Trinajstić information content (AvgIpc) is 2.80. The highest BCUT2D eigenvalue weighted by Crippen LogP contribution is 2.19. The molecule has 0 aromatic heterocycles. The monoisotopic (exact) mass is 314 g/mol. The van der Waals surface area contributed by atoms with Crippen molar-refractivity contribution in [1.29, 1.82) is 0 Å². The molecule has 1 N–H and O–H groups in total. The third-order valence-corrected chi connectivity index (χ3v) is 3.84. The van der Waals surface area contributed by atoms with E-state index in [1.165, 1.54) is 0 Å². The SMILES string of the molecule is CCOCCCN(CC(C)C(=O)O)C(=O)C1CC(=O)N(C)C1. The topological polar surface area (TPSA) is 87.1 Å². The zero-order chi connectivity index (χ0) is 16.7. The largest absolute Gasteiger partial charge is 0.481 e. The Hall–Kier alpha value is -1.63. The maximum Gasteiger partial charge on any atom is 0.308 e. The van der Waals surface area contributed by atoms with Gasteiger partial charge >= 0.3 is 5.97 Å². The molecule has 7 nitrogen and oxygen atoms in total. The zero-order valence-corrected chi connectivity index (χ0v) is 13.6. The first kappa shape index (κ1) is 18.4. The minimum Gasteiger partial charge on any atom is -0.481 e. The lowest BCUT2D eigenvalue weighted by Crippen LogP contribution is -2.42. The fourth-order valence-corrected chi connectivity index (χ4v) is 2.49. The molecule has 0 aromatic carbocycles. The molecule has 0 aliphatic carbocycles. The molecular formula is C15H26N2O5. The average molecular weight is 314 g/mol. The maximum atomic E-state index is 12.6. The van der Waals surface area contributed by atoms with Gasteiger partial charge in [-0.15, -0.1) is 0 Å². The molecule has 0 radical (unpaired) electrons. The standard InChI is InChI=1S/C15H26N2O5/c1-4-22-7-5-6-17(9-11(2)15(20)21)14(19)12-8-13(18)16(3)10-12/h11-12H,4-10H2,1-3H3,(H,20,21). The van der Waals surface area contributed by atoms with Crippen LogP contribution in [0.2, 0.25) is 0 Å². The lowest BCUT2D eigenvalue weighted by atomic mass is 10.1. The van der Waals surface area contributed by atoms with Crippen molar-refractivity contribution >= 4 is 17.8 Å². The van der Waals surface area contributed by atoms with Crippen LogP contribution < -0.4 is 0 Å². The van der Waals surface area contributed by atoms with Crippen LogP contribution in [0.25, 0.3) is 0 Å². The molecule has 1 fully saturated rings. The predicted molar refractivity (Wildman–Crippen MR) is 80.2 cm³/mol. The highest BCUT2D eigenvalue weighted by Gasteiger charge is 2.35. The molecule has 0 spiro atoms. The van der Waals surface area contributed by atoms with Crippen LogP contribution in [-0.4, -0.2) is 72.6 Å². The quantitative estimate of drug-likeness (QED) is 0.624. The minimum atomic E-state index is -0.928. The Balaban J connectivity index is 2.64. The van der Waals surface area contributed by atoms with Gasteiger partial charge in [0.25, 0.3) is 0 Å². The molecule has 2 unspecified atom stereocenters. The van der Waals surface area contributed by atoms with Gasteiger partial charge in [-0.05, 0) is 13.3 Å². The number of aliphatic carboxylic acids is 1. The van der Waals surface area contributed by atoms with Crippen LogP contribution in [0, 0.1) is 11.8 Å². The van der Waals surface area contributed by atoms with E-state index in [-0.39, 0.29) is 30.7 Å². The van der Waals surface area contributed by atoms with Gasteiger partial charge in [-0.2, -0.15) is 0 Å². The number of hydrogen-bond donors (Lipinski definition) is 1. The van der Waals surface area contributed by atoms with E-state index < -0.39 is 11.9 Å². The van der Waals surface area contributed by atoms with Crippen molar-refractivity contribution in [2.24, 2.45) is 11.8 Å². The predicted octanol–water partition coefficient (Wildman–Crippen LogP) is 0.441. The second-order valence-electron chi connectivity index (χ2n) is 5.75. The second-order valence-corrected chi connectivity index (χ2v) is 5.75. The molecule has 2 atom stereocenters. The van der Waals surface area contributed by atoms with Crippen LogP contribution in [0.4, 0.5) is 0 Å². The van der Waals surface area contributed by atoms with E-state index in [1.807, 2.05) is 6.92 Å². The number of carbonyl (C=O) groups excluding carboxylic acids is 2. The Morgan fingerprint density at radius 2 is 2.18 bits per heavy atom. The molecule has 0 saturated carbocycles. The maximum absolute atomic E-state index is 12.6. The van der Waals surface area contributed by atoms with Gasteiger partial charge in [0.2, 0.25) is 11.8 Å². The highest BCUT2D eigenvalue weighted by atomic mass is 16.5. The summed E-state index contributed by atoms with van der Waals surface area (Å²) >= 11 is 0. The van der Waals surface area contributed by atoms with Crippen LogP contribution in [-0.2, 0) is 19.1 Å². The number of hydrogen-bond acceptors (Lipinski definition) is 4. The molecule has 0 bridgehead atoms. The summed E-state index contributed by atoms with van der Waals surface area (Å²) in [5, 5.41) is 9.05. The second kappa shape index (κ2) is 8.73. The fourth-order valence-electron chi connectivity index (χ4n) is 2.49. The van der Waals surface area contributed by atoms with Gasteiger partial charge < -0.3 is 19.6 Å². The van der Waals surface area contributed by atoms with E-state index in [4.69, 9.17) is 9.84 Å². The number of carboxylic acid groups (broad SMARTS) is 1. The third kappa shape index (κ3) is 5.29. The normalized spacial score (nSPS) is 19.3. The molecule has 1 rings (SSSR count). The first-order valence-corrected chi connectivity index (χ1v) is 7.70. The van der Waals surface area contributed by atoms with E-state index >= 15 is 0 Å². The first-order chi connectivity index (χ1) is 10.4. The summed E-state index contributed by atoms with van der Waals surface area (Å²) in [6.07, 6.45) is 0.862. The Labute approximate surface area is 131 Å². The van der Waals surface area contributed by atoms with Gasteiger partial charge in [0, 0.05) is 46.3 Å². The Bertz CT molecular complexity index is 413. The van der Waals surface area contributed by atoms with Crippen LogP contribution >= 0.6 is 0 Å². The summed E-state index contributed by atoms with van der Waals surface area (Å²) in [5.41, 5.74) is 0. The number of ether oxygens (including phenoxy) is 1. The van der Waals surface area contributed by atoms with Crippen LogP contribution in [0.3, 0.4) is 0 Å². The Morgan fingerprint density at radius 1 is 1.50 bits per heavy atom. The Morgan fingerprint density at radius 3 is 2.68 bits per heavy atom. The molecule has 1 heterocycles. The van der Waals surface area contributed by atoms with E-state index in [0.717, 1.165) is 0 Å². The summed E-state index contributed by atoms with van der Waals surface area (Å²) in [6, 6.07) is 0. The fraction of sp³-hybridized carbons (Fsp3) is 0.800. The lowest BCUT2D eigenvalue weighted by molar-refractivity contribution is -0.144. The van der Waals surface area contributed by atoms with Gasteiger partial charge in [0.15, 0.2) is 0 Å². The number of likely N-dealkylation sites (tertiary alicyclic amines) is 1. The van der Waals surface area contributed by atoms with E-state index in [2.05, 4.69) is 0 Å². The molecule has 1 aliphatic rings. The van der Waals surface area contributed by atoms with Crippen molar-refractivity contribution in [2.75, 3.05) is 39.9 Å². The molecule has 7 heteroatoms. The van der Waals surface area contributed by atoms with Crippen molar-refractivity contribution in [2.45, 2.75) is 26.7 Å². The van der Waals surface area contributed by atoms with Crippen LogP contribution in [0.1, 0.15) is 26.7 Å². The van der Waals surface area contributed by atoms with Gasteiger partial charge in [0.1, 0.15) is 0 Å². The van der Waals surface area contributed by atoms with Gasteiger partial charge in [0.05, 0.1) is 11.8 Å². The van der Waals surface area contributed by atoms with Crippen molar-refractivity contribution in [1.82, 2.24) is 9.80 Å². The van der Waals surface area contributed by atoms with Gasteiger partial charge in [-0.1, -0.05) is 6.92 Å². The van der Waals surface area contributed by atoms with E-state index in [1.54, 1.807) is 23.8 Å². The Kier molecular flexibility index (Phi) is 7.31. The van der Waals surface area contributed by atoms with Gasteiger partial charge in [-0.3, -0.25) is 14.4 Å². The van der Waals surface area contributed by atoms with Crippen LogP contribution in [0.15, 0.2) is 0 Å².